The van der Waals surface area contributed by atoms with E-state index in [2.05, 4.69) is 10.3 Å². The lowest BCUT2D eigenvalue weighted by molar-refractivity contribution is 0.0836. The zero-order chi connectivity index (χ0) is 22.2. The molecule has 3 rings (SSSR count). The Morgan fingerprint density at radius 1 is 1.23 bits per heavy atom. The van der Waals surface area contributed by atoms with Crippen LogP contribution in [0.1, 0.15) is 32.4 Å². The van der Waals surface area contributed by atoms with Crippen molar-refractivity contribution in [1.82, 2.24) is 9.88 Å². The Hall–Kier alpha value is -3.60. The van der Waals surface area contributed by atoms with Gasteiger partial charge in [-0.15, -0.1) is 0 Å². The molecular weight excluding hydrogens is 394 g/mol. The first-order valence-corrected chi connectivity index (χ1v) is 10.4. The van der Waals surface area contributed by atoms with Crippen LogP contribution >= 0.6 is 0 Å². The molecule has 0 spiro atoms. The molecule has 2 aromatic rings. The van der Waals surface area contributed by atoms with Gasteiger partial charge in [0.15, 0.2) is 0 Å². The number of benzene rings is 1. The summed E-state index contributed by atoms with van der Waals surface area (Å²) < 4.78 is 5.33. The lowest BCUT2D eigenvalue weighted by atomic mass is 10.0. The molecule has 1 aromatic heterocycles. The van der Waals surface area contributed by atoms with Crippen molar-refractivity contribution in [1.29, 1.82) is 5.26 Å². The molecule has 3 amide bonds. The van der Waals surface area contributed by atoms with Crippen molar-refractivity contribution < 1.29 is 14.3 Å². The monoisotopic (exact) mass is 421 g/mol. The van der Waals surface area contributed by atoms with Gasteiger partial charge in [0, 0.05) is 24.8 Å². The predicted octanol–water partition coefficient (Wildman–Crippen LogP) is 4.25. The zero-order valence-electron chi connectivity index (χ0n) is 17.8. The Bertz CT molecular complexity index is 916. The van der Waals surface area contributed by atoms with Gasteiger partial charge < -0.3 is 15.0 Å². The van der Waals surface area contributed by atoms with Crippen LogP contribution in [0.4, 0.5) is 21.0 Å². The molecular formula is C23H27N5O3. The molecule has 2 heterocycles. The molecule has 1 aromatic carbocycles. The number of pyridine rings is 1. The second-order valence-electron chi connectivity index (χ2n) is 7.87. The number of para-hydroxylation sites is 1. The molecule has 8 nitrogen and oxygen atoms in total. The lowest BCUT2D eigenvalue weighted by Crippen LogP contribution is -2.50. The van der Waals surface area contributed by atoms with Crippen molar-refractivity contribution in [2.45, 2.75) is 32.7 Å². The molecule has 0 radical (unpaired) electrons. The van der Waals surface area contributed by atoms with Gasteiger partial charge in [-0.25, -0.2) is 14.6 Å². The fraction of sp³-hybridized carbons (Fsp3) is 0.391. The maximum absolute atomic E-state index is 13.2. The highest BCUT2D eigenvalue weighted by Crippen LogP contribution is 2.25. The summed E-state index contributed by atoms with van der Waals surface area (Å²) in [7, 11) is 0. The first-order valence-electron chi connectivity index (χ1n) is 10.4. The van der Waals surface area contributed by atoms with Gasteiger partial charge in [0.1, 0.15) is 11.8 Å². The molecule has 0 atom stereocenters. The Morgan fingerprint density at radius 3 is 2.52 bits per heavy atom. The molecule has 0 aliphatic carbocycles. The number of anilines is 2. The van der Waals surface area contributed by atoms with Crippen LogP contribution < -0.4 is 10.2 Å². The van der Waals surface area contributed by atoms with Crippen LogP contribution in [0.25, 0.3) is 0 Å². The second kappa shape index (κ2) is 10.4. The van der Waals surface area contributed by atoms with E-state index in [9.17, 15) is 9.59 Å². The SMILES string of the molecule is CC(C)COC(=O)N1CCC(N(C(=O)Nc2ccc(C#N)nc2)c2ccccc2)CC1. The highest BCUT2D eigenvalue weighted by molar-refractivity contribution is 6.02. The van der Waals surface area contributed by atoms with E-state index in [0.717, 1.165) is 5.69 Å². The molecule has 1 N–H and O–H groups in total. The first kappa shape index (κ1) is 22.1. The Labute approximate surface area is 182 Å². The van der Waals surface area contributed by atoms with E-state index >= 15 is 0 Å². The van der Waals surface area contributed by atoms with Crippen molar-refractivity contribution >= 4 is 23.5 Å². The van der Waals surface area contributed by atoms with Crippen molar-refractivity contribution in [3.8, 4) is 6.07 Å². The molecule has 1 saturated heterocycles. The van der Waals surface area contributed by atoms with E-state index in [1.807, 2.05) is 50.2 Å². The number of likely N-dealkylation sites (tertiary alicyclic amines) is 1. The fourth-order valence-electron chi connectivity index (χ4n) is 3.44. The van der Waals surface area contributed by atoms with Crippen LogP contribution in [-0.4, -0.2) is 47.7 Å². The third-order valence-corrected chi connectivity index (χ3v) is 5.01. The smallest absolute Gasteiger partial charge is 0.409 e. The molecule has 31 heavy (non-hydrogen) atoms. The van der Waals surface area contributed by atoms with Crippen LogP contribution in [0, 0.1) is 17.2 Å². The summed E-state index contributed by atoms with van der Waals surface area (Å²) in [5.74, 6) is 0.287. The number of piperidine rings is 1. The van der Waals surface area contributed by atoms with E-state index in [4.69, 9.17) is 10.00 Å². The second-order valence-corrected chi connectivity index (χ2v) is 7.87. The third kappa shape index (κ3) is 5.95. The third-order valence-electron chi connectivity index (χ3n) is 5.01. The molecule has 162 valence electrons. The number of carbonyl (C=O) groups excluding carboxylic acids is 2. The number of aromatic nitrogens is 1. The minimum absolute atomic E-state index is 0.0668. The van der Waals surface area contributed by atoms with E-state index in [1.165, 1.54) is 6.20 Å². The minimum atomic E-state index is -0.300. The standard InChI is InChI=1S/C23H27N5O3/c1-17(2)16-31-23(30)27-12-10-21(11-13-27)28(20-6-4-3-5-7-20)22(29)26-19-9-8-18(14-24)25-15-19/h3-9,15,17,21H,10-13,16H2,1-2H3,(H,26,29). The van der Waals surface area contributed by atoms with Gasteiger partial charge >= 0.3 is 12.1 Å². The number of nitriles is 1. The largest absolute Gasteiger partial charge is 0.449 e. The number of hydrogen-bond donors (Lipinski definition) is 1. The Morgan fingerprint density at radius 2 is 1.94 bits per heavy atom. The number of nitrogens with one attached hydrogen (secondary N) is 1. The highest BCUT2D eigenvalue weighted by Gasteiger charge is 2.31. The molecule has 0 saturated carbocycles. The summed E-state index contributed by atoms with van der Waals surface area (Å²) >= 11 is 0. The fourth-order valence-corrected chi connectivity index (χ4v) is 3.44. The summed E-state index contributed by atoms with van der Waals surface area (Å²) in [6, 6.07) is 14.3. The predicted molar refractivity (Wildman–Crippen MR) is 118 cm³/mol. The van der Waals surface area contributed by atoms with Crippen LogP contribution in [0.15, 0.2) is 48.7 Å². The maximum Gasteiger partial charge on any atom is 0.409 e. The summed E-state index contributed by atoms with van der Waals surface area (Å²) in [6.45, 7) is 5.45. The van der Waals surface area contributed by atoms with Crippen LogP contribution in [0.2, 0.25) is 0 Å². The van der Waals surface area contributed by atoms with Gasteiger partial charge in [0.2, 0.25) is 0 Å². The summed E-state index contributed by atoms with van der Waals surface area (Å²) in [5.41, 5.74) is 1.58. The maximum atomic E-state index is 13.2. The van der Waals surface area contributed by atoms with E-state index in [-0.39, 0.29) is 29.8 Å². The van der Waals surface area contributed by atoms with Crippen molar-refractivity contribution in [3.63, 3.8) is 0 Å². The highest BCUT2D eigenvalue weighted by atomic mass is 16.6. The van der Waals surface area contributed by atoms with E-state index in [1.54, 1.807) is 21.9 Å². The molecule has 0 unspecified atom stereocenters. The van der Waals surface area contributed by atoms with Crippen LogP contribution in [0.5, 0.6) is 0 Å². The van der Waals surface area contributed by atoms with Crippen molar-refractivity contribution in [2.75, 3.05) is 29.9 Å². The number of urea groups is 1. The number of hydrogen-bond acceptors (Lipinski definition) is 5. The average molecular weight is 422 g/mol. The number of rotatable bonds is 5. The number of ether oxygens (including phenoxy) is 1. The van der Waals surface area contributed by atoms with Gasteiger partial charge in [-0.05, 0) is 43.0 Å². The summed E-state index contributed by atoms with van der Waals surface area (Å²) in [5, 5.41) is 11.8. The van der Waals surface area contributed by atoms with Gasteiger partial charge in [0.05, 0.1) is 18.5 Å². The van der Waals surface area contributed by atoms with E-state index in [0.29, 0.717) is 38.2 Å². The zero-order valence-corrected chi connectivity index (χ0v) is 17.8. The van der Waals surface area contributed by atoms with Gasteiger partial charge in [-0.3, -0.25) is 4.90 Å². The van der Waals surface area contributed by atoms with Crippen LogP contribution in [-0.2, 0) is 4.74 Å². The molecule has 1 fully saturated rings. The number of carbonyl (C=O) groups is 2. The lowest BCUT2D eigenvalue weighted by Gasteiger charge is -2.38. The molecule has 0 bridgehead atoms. The van der Waals surface area contributed by atoms with E-state index < -0.39 is 0 Å². The first-order chi connectivity index (χ1) is 15.0. The normalized spacial score (nSPS) is 14.1. The molecule has 8 heteroatoms. The molecule has 1 aliphatic rings. The molecule has 1 aliphatic heterocycles. The topological polar surface area (TPSA) is 98.6 Å². The quantitative estimate of drug-likeness (QED) is 0.778. The van der Waals surface area contributed by atoms with Gasteiger partial charge in [-0.2, -0.15) is 5.26 Å². The van der Waals surface area contributed by atoms with Gasteiger partial charge in [-0.1, -0.05) is 32.0 Å². The van der Waals surface area contributed by atoms with Gasteiger partial charge in [0.25, 0.3) is 0 Å². The van der Waals surface area contributed by atoms with Crippen molar-refractivity contribution in [3.05, 3.63) is 54.4 Å². The summed E-state index contributed by atoms with van der Waals surface area (Å²) in [6.07, 6.45) is 2.45. The number of amides is 3. The van der Waals surface area contributed by atoms with Crippen molar-refractivity contribution in [2.24, 2.45) is 5.92 Å². The Balaban J connectivity index is 1.69. The minimum Gasteiger partial charge on any atom is -0.449 e. The summed E-state index contributed by atoms with van der Waals surface area (Å²) in [4.78, 5) is 32.9. The Kier molecular flexibility index (Phi) is 7.44. The average Bonchev–Trinajstić information content (AvgIpc) is 2.79. The van der Waals surface area contributed by atoms with Crippen LogP contribution in [0.3, 0.4) is 0 Å². The number of nitrogens with zero attached hydrogens (tertiary/aromatic N) is 4.